The van der Waals surface area contributed by atoms with Gasteiger partial charge in [0.2, 0.25) is 10.0 Å². The SMILES string of the molecule is COc1ccc(C(=O)N2CCN(S(=O)(=O)c3cc(OC)ccc3OC)CC2)cc1. The third kappa shape index (κ3) is 4.30. The van der Waals surface area contributed by atoms with Gasteiger partial charge in [-0.25, -0.2) is 8.42 Å². The molecule has 0 atom stereocenters. The number of hydrogen-bond acceptors (Lipinski definition) is 6. The Morgan fingerprint density at radius 1 is 0.828 bits per heavy atom. The molecule has 156 valence electrons. The van der Waals surface area contributed by atoms with E-state index in [9.17, 15) is 13.2 Å². The second kappa shape index (κ2) is 8.71. The van der Waals surface area contributed by atoms with E-state index in [0.29, 0.717) is 30.2 Å². The summed E-state index contributed by atoms with van der Waals surface area (Å²) in [6.07, 6.45) is 0. The van der Waals surface area contributed by atoms with Gasteiger partial charge >= 0.3 is 0 Å². The van der Waals surface area contributed by atoms with Crippen LogP contribution in [-0.4, -0.2) is 71.0 Å². The molecule has 9 heteroatoms. The molecule has 1 aliphatic rings. The first-order chi connectivity index (χ1) is 13.9. The molecule has 0 aromatic heterocycles. The fourth-order valence-electron chi connectivity index (χ4n) is 3.17. The summed E-state index contributed by atoms with van der Waals surface area (Å²) in [7, 11) is 0.674. The van der Waals surface area contributed by atoms with Gasteiger partial charge in [0.25, 0.3) is 5.91 Å². The third-order valence-corrected chi connectivity index (χ3v) is 6.77. The van der Waals surface area contributed by atoms with Crippen molar-refractivity contribution in [3.63, 3.8) is 0 Å². The standard InChI is InChI=1S/C20H24N2O6S/c1-26-16-6-4-15(5-7-16)20(23)21-10-12-22(13-11-21)29(24,25)19-14-17(27-2)8-9-18(19)28-3/h4-9,14H,10-13H2,1-3H3. The summed E-state index contributed by atoms with van der Waals surface area (Å²) < 4.78 is 43.1. The number of sulfonamides is 1. The van der Waals surface area contributed by atoms with Crippen LogP contribution in [0.1, 0.15) is 10.4 Å². The quantitative estimate of drug-likeness (QED) is 0.709. The van der Waals surface area contributed by atoms with Gasteiger partial charge < -0.3 is 19.1 Å². The highest BCUT2D eigenvalue weighted by Crippen LogP contribution is 2.31. The lowest BCUT2D eigenvalue weighted by Crippen LogP contribution is -2.50. The summed E-state index contributed by atoms with van der Waals surface area (Å²) in [5, 5.41) is 0. The minimum atomic E-state index is -3.79. The monoisotopic (exact) mass is 420 g/mol. The number of ether oxygens (including phenoxy) is 3. The van der Waals surface area contributed by atoms with Gasteiger partial charge in [-0.15, -0.1) is 0 Å². The molecule has 8 nitrogen and oxygen atoms in total. The second-order valence-corrected chi connectivity index (χ2v) is 8.35. The van der Waals surface area contributed by atoms with E-state index >= 15 is 0 Å². The van der Waals surface area contributed by atoms with Gasteiger partial charge in [0.05, 0.1) is 21.3 Å². The predicted octanol–water partition coefficient (Wildman–Crippen LogP) is 1.86. The molecule has 1 aliphatic heterocycles. The Hall–Kier alpha value is -2.78. The highest BCUT2D eigenvalue weighted by Gasteiger charge is 2.32. The summed E-state index contributed by atoms with van der Waals surface area (Å²) in [5.74, 6) is 1.22. The molecular weight excluding hydrogens is 396 g/mol. The Morgan fingerprint density at radius 2 is 1.41 bits per heavy atom. The summed E-state index contributed by atoms with van der Waals surface area (Å²) in [4.78, 5) is 14.4. The van der Waals surface area contributed by atoms with Crippen LogP contribution in [0.15, 0.2) is 47.4 Å². The van der Waals surface area contributed by atoms with E-state index in [1.807, 2.05) is 0 Å². The Bertz CT molecular complexity index is 967. The number of rotatable bonds is 6. The van der Waals surface area contributed by atoms with Crippen molar-refractivity contribution in [1.29, 1.82) is 0 Å². The van der Waals surface area contributed by atoms with Crippen molar-refractivity contribution in [3.8, 4) is 17.2 Å². The first-order valence-electron chi connectivity index (χ1n) is 9.06. The van der Waals surface area contributed by atoms with Gasteiger partial charge in [-0.05, 0) is 36.4 Å². The lowest BCUT2D eigenvalue weighted by molar-refractivity contribution is 0.0697. The summed E-state index contributed by atoms with van der Waals surface area (Å²) in [5.41, 5.74) is 0.538. The average molecular weight is 420 g/mol. The molecule has 0 saturated carbocycles. The molecule has 0 N–H and O–H groups in total. The van der Waals surface area contributed by atoms with Crippen LogP contribution in [0.5, 0.6) is 17.2 Å². The number of piperazine rings is 1. The van der Waals surface area contributed by atoms with Crippen LogP contribution in [-0.2, 0) is 10.0 Å². The van der Waals surface area contributed by atoms with Crippen molar-refractivity contribution >= 4 is 15.9 Å². The van der Waals surface area contributed by atoms with Crippen molar-refractivity contribution < 1.29 is 27.4 Å². The fraction of sp³-hybridized carbons (Fsp3) is 0.350. The molecule has 29 heavy (non-hydrogen) atoms. The molecule has 0 spiro atoms. The molecule has 2 aromatic rings. The molecule has 1 heterocycles. The van der Waals surface area contributed by atoms with Gasteiger partial charge in [0.1, 0.15) is 22.1 Å². The topological polar surface area (TPSA) is 85.4 Å². The lowest BCUT2D eigenvalue weighted by atomic mass is 10.2. The molecular formula is C20H24N2O6S. The van der Waals surface area contributed by atoms with E-state index in [2.05, 4.69) is 0 Å². The molecule has 0 aliphatic carbocycles. The highest BCUT2D eigenvalue weighted by atomic mass is 32.2. The van der Waals surface area contributed by atoms with E-state index in [4.69, 9.17) is 14.2 Å². The van der Waals surface area contributed by atoms with Gasteiger partial charge in [0.15, 0.2) is 0 Å². The van der Waals surface area contributed by atoms with Crippen LogP contribution in [0.4, 0.5) is 0 Å². The normalized spacial score (nSPS) is 15.1. The van der Waals surface area contributed by atoms with Crippen LogP contribution in [0.25, 0.3) is 0 Å². The van der Waals surface area contributed by atoms with Gasteiger partial charge in [-0.2, -0.15) is 4.31 Å². The average Bonchev–Trinajstić information content (AvgIpc) is 2.78. The Balaban J connectivity index is 1.73. The van der Waals surface area contributed by atoms with E-state index in [1.54, 1.807) is 48.4 Å². The number of amides is 1. The zero-order valence-corrected chi connectivity index (χ0v) is 17.4. The first kappa shape index (κ1) is 20.9. The Kier molecular flexibility index (Phi) is 6.29. The van der Waals surface area contributed by atoms with Crippen molar-refractivity contribution in [2.75, 3.05) is 47.5 Å². The van der Waals surface area contributed by atoms with Gasteiger partial charge in [-0.1, -0.05) is 0 Å². The molecule has 0 bridgehead atoms. The molecule has 0 radical (unpaired) electrons. The van der Waals surface area contributed by atoms with Crippen molar-refractivity contribution in [3.05, 3.63) is 48.0 Å². The first-order valence-corrected chi connectivity index (χ1v) is 10.5. The lowest BCUT2D eigenvalue weighted by Gasteiger charge is -2.34. The maximum Gasteiger partial charge on any atom is 0.253 e. The van der Waals surface area contributed by atoms with Crippen molar-refractivity contribution in [2.45, 2.75) is 4.90 Å². The van der Waals surface area contributed by atoms with Crippen LogP contribution < -0.4 is 14.2 Å². The zero-order chi connectivity index (χ0) is 21.0. The Morgan fingerprint density at radius 3 is 1.97 bits per heavy atom. The number of benzene rings is 2. The van der Waals surface area contributed by atoms with E-state index in [-0.39, 0.29) is 29.6 Å². The van der Waals surface area contributed by atoms with E-state index in [1.165, 1.54) is 24.6 Å². The van der Waals surface area contributed by atoms with Crippen molar-refractivity contribution in [1.82, 2.24) is 9.21 Å². The van der Waals surface area contributed by atoms with Crippen LogP contribution in [0.2, 0.25) is 0 Å². The summed E-state index contributed by atoms with van der Waals surface area (Å²) in [6, 6.07) is 11.5. The van der Waals surface area contributed by atoms with Crippen LogP contribution in [0.3, 0.4) is 0 Å². The molecule has 1 amide bonds. The van der Waals surface area contributed by atoms with Gasteiger partial charge in [-0.3, -0.25) is 4.79 Å². The molecule has 3 rings (SSSR count). The number of carbonyl (C=O) groups is 1. The number of nitrogens with zero attached hydrogens (tertiary/aromatic N) is 2. The smallest absolute Gasteiger partial charge is 0.253 e. The van der Waals surface area contributed by atoms with Crippen LogP contribution >= 0.6 is 0 Å². The number of methoxy groups -OCH3 is 3. The maximum absolute atomic E-state index is 13.1. The summed E-state index contributed by atoms with van der Waals surface area (Å²) >= 11 is 0. The Labute approximate surface area is 170 Å². The van der Waals surface area contributed by atoms with Gasteiger partial charge in [0, 0.05) is 37.8 Å². The largest absolute Gasteiger partial charge is 0.497 e. The van der Waals surface area contributed by atoms with E-state index in [0.717, 1.165) is 0 Å². The molecule has 1 saturated heterocycles. The van der Waals surface area contributed by atoms with E-state index < -0.39 is 10.0 Å². The molecule has 0 unspecified atom stereocenters. The fourth-order valence-corrected chi connectivity index (χ4v) is 4.77. The highest BCUT2D eigenvalue weighted by molar-refractivity contribution is 7.89. The number of hydrogen-bond donors (Lipinski definition) is 0. The third-order valence-electron chi connectivity index (χ3n) is 4.85. The van der Waals surface area contributed by atoms with Crippen LogP contribution in [0, 0.1) is 0 Å². The van der Waals surface area contributed by atoms with Crippen molar-refractivity contribution in [2.24, 2.45) is 0 Å². The maximum atomic E-state index is 13.1. The number of carbonyl (C=O) groups excluding carboxylic acids is 1. The predicted molar refractivity (Wildman–Crippen MR) is 107 cm³/mol. The molecule has 2 aromatic carbocycles. The second-order valence-electron chi connectivity index (χ2n) is 6.44. The zero-order valence-electron chi connectivity index (χ0n) is 16.6. The summed E-state index contributed by atoms with van der Waals surface area (Å²) in [6.45, 7) is 1.00. The minimum Gasteiger partial charge on any atom is -0.497 e. The minimum absolute atomic E-state index is 0.0503. The molecule has 1 fully saturated rings.